The van der Waals surface area contributed by atoms with E-state index >= 15 is 0 Å². The fourth-order valence-electron chi connectivity index (χ4n) is 2.07. The van der Waals surface area contributed by atoms with Crippen LogP contribution in [0.3, 0.4) is 0 Å². The van der Waals surface area contributed by atoms with Gasteiger partial charge in [0.25, 0.3) is 0 Å². The third kappa shape index (κ3) is 3.78. The molecule has 0 bridgehead atoms. The minimum atomic E-state index is -0.867. The summed E-state index contributed by atoms with van der Waals surface area (Å²) >= 11 is 0. The van der Waals surface area contributed by atoms with Crippen LogP contribution >= 0.6 is 0 Å². The maximum Gasteiger partial charge on any atom is 0.221 e. The lowest BCUT2D eigenvalue weighted by Gasteiger charge is -2.17. The number of hydrogen-bond donors (Lipinski definition) is 2. The molecule has 3 nitrogen and oxygen atoms in total. The zero-order valence-corrected chi connectivity index (χ0v) is 11.8. The van der Waals surface area contributed by atoms with Crippen molar-refractivity contribution in [2.24, 2.45) is 0 Å². The summed E-state index contributed by atoms with van der Waals surface area (Å²) in [6.07, 6.45) is 0. The minimum Gasteiger partial charge on any atom is -0.378 e. The second kappa shape index (κ2) is 6.35. The van der Waals surface area contributed by atoms with Gasteiger partial charge in [-0.25, -0.2) is 8.78 Å². The van der Waals surface area contributed by atoms with Crippen LogP contribution in [0.15, 0.2) is 42.5 Å². The van der Waals surface area contributed by atoms with Gasteiger partial charge < -0.3 is 10.6 Å². The van der Waals surface area contributed by atoms with Crippen LogP contribution in [-0.4, -0.2) is 5.91 Å². The molecular formula is C16H16F2N2O. The first-order chi connectivity index (χ1) is 9.97. The average molecular weight is 290 g/mol. The molecule has 1 unspecified atom stereocenters. The van der Waals surface area contributed by atoms with Crippen molar-refractivity contribution < 1.29 is 13.6 Å². The normalized spacial score (nSPS) is 11.8. The molecule has 1 amide bonds. The first-order valence-electron chi connectivity index (χ1n) is 6.55. The number of carbonyl (C=O) groups is 1. The van der Waals surface area contributed by atoms with E-state index in [1.807, 2.05) is 0 Å². The van der Waals surface area contributed by atoms with Gasteiger partial charge in [0.2, 0.25) is 5.91 Å². The van der Waals surface area contributed by atoms with E-state index in [-0.39, 0.29) is 11.5 Å². The van der Waals surface area contributed by atoms with E-state index in [1.165, 1.54) is 19.1 Å². The van der Waals surface area contributed by atoms with Crippen molar-refractivity contribution in [3.63, 3.8) is 0 Å². The van der Waals surface area contributed by atoms with Crippen molar-refractivity contribution in [3.05, 3.63) is 59.7 Å². The molecule has 2 aromatic carbocycles. The van der Waals surface area contributed by atoms with Crippen molar-refractivity contribution in [2.75, 3.05) is 10.6 Å². The zero-order valence-electron chi connectivity index (χ0n) is 11.8. The average Bonchev–Trinajstić information content (AvgIpc) is 2.41. The Balaban J connectivity index is 2.17. The number of carbonyl (C=O) groups excluding carboxylic acids is 1. The van der Waals surface area contributed by atoms with Gasteiger partial charge in [-0.15, -0.1) is 0 Å². The molecule has 0 aliphatic rings. The van der Waals surface area contributed by atoms with E-state index in [1.54, 1.807) is 31.2 Å². The number of nitrogens with one attached hydrogen (secondary N) is 2. The lowest BCUT2D eigenvalue weighted by molar-refractivity contribution is -0.114. The van der Waals surface area contributed by atoms with E-state index in [0.717, 1.165) is 6.07 Å². The molecule has 0 heterocycles. The predicted molar refractivity (Wildman–Crippen MR) is 79.1 cm³/mol. The smallest absolute Gasteiger partial charge is 0.221 e. The zero-order chi connectivity index (χ0) is 15.4. The number of rotatable bonds is 4. The topological polar surface area (TPSA) is 41.1 Å². The molecule has 2 aromatic rings. The largest absolute Gasteiger partial charge is 0.378 e. The van der Waals surface area contributed by atoms with Crippen molar-refractivity contribution in [3.8, 4) is 0 Å². The van der Waals surface area contributed by atoms with Gasteiger partial charge in [0.05, 0.1) is 6.04 Å². The summed E-state index contributed by atoms with van der Waals surface area (Å²) in [5.74, 6) is -1.89. The fourth-order valence-corrected chi connectivity index (χ4v) is 2.07. The Morgan fingerprint density at radius 2 is 1.76 bits per heavy atom. The lowest BCUT2D eigenvalue weighted by Crippen LogP contribution is -2.10. The maximum absolute atomic E-state index is 13.7. The maximum atomic E-state index is 13.7. The second-order valence-corrected chi connectivity index (χ2v) is 4.77. The van der Waals surface area contributed by atoms with Crippen LogP contribution in [0.2, 0.25) is 0 Å². The van der Waals surface area contributed by atoms with Crippen LogP contribution in [-0.2, 0) is 4.79 Å². The molecule has 0 radical (unpaired) electrons. The van der Waals surface area contributed by atoms with Gasteiger partial charge in [-0.2, -0.15) is 0 Å². The molecule has 0 aromatic heterocycles. The van der Waals surface area contributed by atoms with Gasteiger partial charge in [0.1, 0.15) is 0 Å². The molecule has 2 N–H and O–H groups in total. The van der Waals surface area contributed by atoms with Gasteiger partial charge in [0, 0.05) is 23.9 Å². The minimum absolute atomic E-state index is 0.170. The summed E-state index contributed by atoms with van der Waals surface area (Å²) in [7, 11) is 0. The molecule has 0 saturated carbocycles. The Bertz CT molecular complexity index is 658. The third-order valence-corrected chi connectivity index (χ3v) is 3.01. The Labute approximate surface area is 122 Å². The standard InChI is InChI=1S/C16H16F2N2O/c1-10(14-7-4-8-15(17)16(14)18)19-12-5-3-6-13(9-12)20-11(2)21/h3-10,19H,1-2H3,(H,20,21). The summed E-state index contributed by atoms with van der Waals surface area (Å²) in [5, 5.41) is 5.75. The molecule has 0 aliphatic carbocycles. The van der Waals surface area contributed by atoms with Gasteiger partial charge in [-0.3, -0.25) is 4.79 Å². The Kier molecular flexibility index (Phi) is 4.52. The highest BCUT2D eigenvalue weighted by atomic mass is 19.2. The summed E-state index contributed by atoms with van der Waals surface area (Å²) < 4.78 is 27.0. The number of anilines is 2. The van der Waals surface area contributed by atoms with Crippen molar-refractivity contribution >= 4 is 17.3 Å². The van der Waals surface area contributed by atoms with E-state index in [2.05, 4.69) is 10.6 Å². The number of amides is 1. The lowest BCUT2D eigenvalue weighted by atomic mass is 10.1. The first-order valence-corrected chi connectivity index (χ1v) is 6.55. The number of benzene rings is 2. The monoisotopic (exact) mass is 290 g/mol. The molecule has 0 fully saturated rings. The highest BCUT2D eigenvalue weighted by molar-refractivity contribution is 5.89. The first kappa shape index (κ1) is 15.0. The van der Waals surface area contributed by atoms with E-state index < -0.39 is 17.7 Å². The van der Waals surface area contributed by atoms with Gasteiger partial charge in [-0.05, 0) is 31.2 Å². The van der Waals surface area contributed by atoms with Crippen molar-refractivity contribution in [1.82, 2.24) is 0 Å². The van der Waals surface area contributed by atoms with Crippen molar-refractivity contribution in [1.29, 1.82) is 0 Å². The van der Waals surface area contributed by atoms with Gasteiger partial charge in [-0.1, -0.05) is 18.2 Å². The molecule has 110 valence electrons. The number of hydrogen-bond acceptors (Lipinski definition) is 2. The summed E-state index contributed by atoms with van der Waals surface area (Å²) in [4.78, 5) is 11.0. The highest BCUT2D eigenvalue weighted by Gasteiger charge is 2.14. The Morgan fingerprint density at radius 1 is 1.10 bits per heavy atom. The molecule has 2 rings (SSSR count). The van der Waals surface area contributed by atoms with E-state index in [0.29, 0.717) is 11.4 Å². The van der Waals surface area contributed by atoms with Crippen LogP contribution in [0, 0.1) is 11.6 Å². The Morgan fingerprint density at radius 3 is 2.48 bits per heavy atom. The van der Waals surface area contributed by atoms with Crippen LogP contribution in [0.4, 0.5) is 20.2 Å². The van der Waals surface area contributed by atoms with Crippen LogP contribution in [0.5, 0.6) is 0 Å². The van der Waals surface area contributed by atoms with E-state index in [4.69, 9.17) is 0 Å². The van der Waals surface area contributed by atoms with Gasteiger partial charge in [0.15, 0.2) is 11.6 Å². The molecule has 21 heavy (non-hydrogen) atoms. The quantitative estimate of drug-likeness (QED) is 0.890. The third-order valence-electron chi connectivity index (χ3n) is 3.01. The van der Waals surface area contributed by atoms with Crippen LogP contribution in [0.1, 0.15) is 25.5 Å². The summed E-state index contributed by atoms with van der Waals surface area (Å²) in [5.41, 5.74) is 1.59. The van der Waals surface area contributed by atoms with E-state index in [9.17, 15) is 13.6 Å². The molecule has 0 saturated heterocycles. The Hall–Kier alpha value is -2.43. The second-order valence-electron chi connectivity index (χ2n) is 4.77. The van der Waals surface area contributed by atoms with Crippen LogP contribution in [0.25, 0.3) is 0 Å². The summed E-state index contributed by atoms with van der Waals surface area (Å²) in [6.45, 7) is 3.16. The SMILES string of the molecule is CC(=O)Nc1cccc(NC(C)c2cccc(F)c2F)c1. The van der Waals surface area contributed by atoms with Gasteiger partial charge >= 0.3 is 0 Å². The highest BCUT2D eigenvalue weighted by Crippen LogP contribution is 2.24. The fraction of sp³-hybridized carbons (Fsp3) is 0.188. The molecule has 0 aliphatic heterocycles. The summed E-state index contributed by atoms with van der Waals surface area (Å²) in [6, 6.07) is 10.7. The molecule has 5 heteroatoms. The van der Waals surface area contributed by atoms with Crippen LogP contribution < -0.4 is 10.6 Å². The molecule has 0 spiro atoms. The molecule has 1 atom stereocenters. The molecular weight excluding hydrogens is 274 g/mol. The number of halogens is 2. The van der Waals surface area contributed by atoms with Crippen molar-refractivity contribution in [2.45, 2.75) is 19.9 Å². The predicted octanol–water partition coefficient (Wildman–Crippen LogP) is 4.10.